The van der Waals surface area contributed by atoms with Gasteiger partial charge in [-0.3, -0.25) is 4.79 Å². The Kier molecular flexibility index (Phi) is 5.12. The molecule has 0 saturated carbocycles. The van der Waals surface area contributed by atoms with Crippen LogP contribution in [0.15, 0.2) is 18.2 Å². The lowest BCUT2D eigenvalue weighted by atomic mass is 9.96. The Hall–Kier alpha value is -2.16. The van der Waals surface area contributed by atoms with E-state index in [0.717, 1.165) is 4.90 Å². The van der Waals surface area contributed by atoms with Gasteiger partial charge < -0.3 is 20.1 Å². The number of anilines is 1. The minimum absolute atomic E-state index is 0.156. The summed E-state index contributed by atoms with van der Waals surface area (Å²) >= 11 is 5.92. The zero-order valence-electron chi connectivity index (χ0n) is 12.4. The van der Waals surface area contributed by atoms with Crippen LogP contribution in [0.4, 0.5) is 23.7 Å². The van der Waals surface area contributed by atoms with Gasteiger partial charge in [0, 0.05) is 19.2 Å². The van der Waals surface area contributed by atoms with Gasteiger partial charge in [-0.25, -0.2) is 4.79 Å². The molecule has 1 aromatic rings. The maximum Gasteiger partial charge on any atom is 0.394 e. The molecule has 0 radical (unpaired) electrons. The van der Waals surface area contributed by atoms with Crippen molar-refractivity contribution < 1.29 is 32.6 Å². The van der Waals surface area contributed by atoms with E-state index in [-0.39, 0.29) is 10.7 Å². The molecule has 1 aliphatic rings. The Morgan fingerprint density at radius 1 is 1.38 bits per heavy atom. The molecule has 0 bridgehead atoms. The van der Waals surface area contributed by atoms with Crippen molar-refractivity contribution in [2.45, 2.75) is 6.18 Å². The first kappa shape index (κ1) is 18.2. The summed E-state index contributed by atoms with van der Waals surface area (Å²) < 4.78 is 43.8. The molecule has 1 fully saturated rings. The van der Waals surface area contributed by atoms with Gasteiger partial charge in [0.05, 0.1) is 29.7 Å². The Bertz CT molecular complexity index is 653. The number of rotatable bonds is 3. The highest BCUT2D eigenvalue weighted by Gasteiger charge is 2.53. The summed E-state index contributed by atoms with van der Waals surface area (Å²) in [4.78, 5) is 24.0. The topological polar surface area (TPSA) is 78.9 Å². The van der Waals surface area contributed by atoms with Crippen LogP contribution < -0.4 is 10.1 Å². The van der Waals surface area contributed by atoms with Gasteiger partial charge in [0.25, 0.3) is 0 Å². The number of hydrogen-bond acceptors (Lipinski definition) is 3. The van der Waals surface area contributed by atoms with Crippen LogP contribution in [-0.4, -0.2) is 48.4 Å². The predicted octanol–water partition coefficient (Wildman–Crippen LogP) is 3.08. The number of carbonyl (C=O) groups excluding carboxylic acids is 1. The number of hydrogen-bond donors (Lipinski definition) is 2. The number of ether oxygens (including phenoxy) is 1. The van der Waals surface area contributed by atoms with Crippen molar-refractivity contribution in [3.63, 3.8) is 0 Å². The van der Waals surface area contributed by atoms with Crippen LogP contribution in [0.2, 0.25) is 5.02 Å². The second-order valence-electron chi connectivity index (χ2n) is 5.27. The van der Waals surface area contributed by atoms with Gasteiger partial charge in [-0.2, -0.15) is 13.2 Å². The third-order valence-electron chi connectivity index (χ3n) is 3.76. The fraction of sp³-hybridized carbons (Fsp3) is 0.429. The number of methoxy groups -OCH3 is 1. The summed E-state index contributed by atoms with van der Waals surface area (Å²) in [5.41, 5.74) is 0.156. The Morgan fingerprint density at radius 2 is 2.04 bits per heavy atom. The normalized spacial score (nSPS) is 20.8. The molecule has 0 unspecified atom stereocenters. The molecule has 2 amide bonds. The van der Waals surface area contributed by atoms with Crippen molar-refractivity contribution in [2.24, 2.45) is 11.8 Å². The maximum absolute atomic E-state index is 12.9. The van der Waals surface area contributed by atoms with E-state index in [1.165, 1.54) is 19.2 Å². The van der Waals surface area contributed by atoms with Gasteiger partial charge in [0.2, 0.25) is 0 Å². The number of carbonyl (C=O) groups is 2. The van der Waals surface area contributed by atoms with Gasteiger partial charge in [-0.1, -0.05) is 11.6 Å². The molecule has 1 heterocycles. The second-order valence-corrected chi connectivity index (χ2v) is 5.68. The van der Waals surface area contributed by atoms with Crippen molar-refractivity contribution in [2.75, 3.05) is 25.5 Å². The van der Waals surface area contributed by atoms with E-state index in [9.17, 15) is 22.8 Å². The van der Waals surface area contributed by atoms with Crippen molar-refractivity contribution in [3.05, 3.63) is 23.2 Å². The van der Waals surface area contributed by atoms with E-state index in [1.54, 1.807) is 6.07 Å². The minimum atomic E-state index is -4.70. The number of aliphatic carboxylic acids is 1. The molecular formula is C14H14ClF3N2O4. The summed E-state index contributed by atoms with van der Waals surface area (Å²) in [6, 6.07) is 3.56. The van der Waals surface area contributed by atoms with E-state index < -0.39 is 43.1 Å². The highest BCUT2D eigenvalue weighted by Crippen LogP contribution is 2.38. The number of urea groups is 1. The standard InChI is InChI=1S/C14H14ClF3N2O4/c1-24-7-2-3-10(15)11(4-7)19-13(23)20-5-8(12(21)22)9(6-20)14(16,17)18/h2-4,8-9H,5-6H2,1H3,(H,19,23)(H,21,22)/t8-,9-/m1/s1. The third-order valence-corrected chi connectivity index (χ3v) is 4.09. The lowest BCUT2D eigenvalue weighted by molar-refractivity contribution is -0.187. The summed E-state index contributed by atoms with van der Waals surface area (Å²) in [5.74, 6) is -5.00. The largest absolute Gasteiger partial charge is 0.497 e. The first-order valence-corrected chi connectivity index (χ1v) is 7.20. The van der Waals surface area contributed by atoms with Gasteiger partial charge in [-0.05, 0) is 12.1 Å². The van der Waals surface area contributed by atoms with E-state index in [0.29, 0.717) is 5.75 Å². The van der Waals surface area contributed by atoms with Gasteiger partial charge in [-0.15, -0.1) is 0 Å². The van der Waals surface area contributed by atoms with Crippen LogP contribution in [-0.2, 0) is 4.79 Å². The summed E-state index contributed by atoms with van der Waals surface area (Å²) in [7, 11) is 1.40. The number of likely N-dealkylation sites (tertiary alicyclic amines) is 1. The number of carboxylic acid groups (broad SMARTS) is 1. The van der Waals surface area contributed by atoms with E-state index in [1.807, 2.05) is 0 Å². The van der Waals surface area contributed by atoms with Crippen molar-refractivity contribution in [1.29, 1.82) is 0 Å². The van der Waals surface area contributed by atoms with E-state index >= 15 is 0 Å². The number of carboxylic acids is 1. The van der Waals surface area contributed by atoms with Crippen molar-refractivity contribution in [1.82, 2.24) is 4.90 Å². The molecule has 1 aromatic carbocycles. The molecule has 0 aliphatic carbocycles. The summed E-state index contributed by atoms with van der Waals surface area (Å²) in [5, 5.41) is 11.5. The lowest BCUT2D eigenvalue weighted by Crippen LogP contribution is -2.35. The SMILES string of the molecule is COc1ccc(Cl)c(NC(=O)N2C[C@@H](C(F)(F)F)[C@H](C(=O)O)C2)c1. The molecule has 2 rings (SSSR count). The molecular weight excluding hydrogens is 353 g/mol. The smallest absolute Gasteiger partial charge is 0.394 e. The third kappa shape index (κ3) is 3.84. The molecule has 2 N–H and O–H groups in total. The number of halogens is 4. The average molecular weight is 367 g/mol. The van der Waals surface area contributed by atoms with Crippen molar-refractivity contribution >= 4 is 29.3 Å². The van der Waals surface area contributed by atoms with E-state index in [2.05, 4.69) is 5.32 Å². The van der Waals surface area contributed by atoms with Crippen LogP contribution in [0.25, 0.3) is 0 Å². The predicted molar refractivity (Wildman–Crippen MR) is 79.3 cm³/mol. The Morgan fingerprint density at radius 3 is 2.54 bits per heavy atom. The zero-order valence-corrected chi connectivity index (χ0v) is 13.2. The number of amides is 2. The quantitative estimate of drug-likeness (QED) is 0.861. The minimum Gasteiger partial charge on any atom is -0.497 e. The lowest BCUT2D eigenvalue weighted by Gasteiger charge is -2.19. The number of nitrogens with zero attached hydrogens (tertiary/aromatic N) is 1. The molecule has 24 heavy (non-hydrogen) atoms. The van der Waals surface area contributed by atoms with E-state index in [4.69, 9.17) is 21.4 Å². The number of benzene rings is 1. The van der Waals surface area contributed by atoms with Crippen molar-refractivity contribution in [3.8, 4) is 5.75 Å². The van der Waals surface area contributed by atoms with Gasteiger partial charge in [0.15, 0.2) is 0 Å². The maximum atomic E-state index is 12.9. The molecule has 1 aliphatic heterocycles. The Balaban J connectivity index is 2.15. The molecule has 132 valence electrons. The highest BCUT2D eigenvalue weighted by molar-refractivity contribution is 6.33. The Labute approximate surface area is 140 Å². The first-order chi connectivity index (χ1) is 11.1. The molecule has 10 heteroatoms. The number of nitrogens with one attached hydrogen (secondary N) is 1. The van der Waals surface area contributed by atoms with Crippen LogP contribution in [0.5, 0.6) is 5.75 Å². The molecule has 0 aromatic heterocycles. The average Bonchev–Trinajstić information content (AvgIpc) is 2.95. The molecule has 2 atom stereocenters. The molecule has 0 spiro atoms. The van der Waals surface area contributed by atoms with Gasteiger partial charge >= 0.3 is 18.2 Å². The van der Waals surface area contributed by atoms with Gasteiger partial charge in [0.1, 0.15) is 5.75 Å². The van der Waals surface area contributed by atoms with Crippen LogP contribution in [0.1, 0.15) is 0 Å². The van der Waals surface area contributed by atoms with Crippen LogP contribution in [0.3, 0.4) is 0 Å². The second kappa shape index (κ2) is 6.76. The first-order valence-electron chi connectivity index (χ1n) is 6.82. The highest BCUT2D eigenvalue weighted by atomic mass is 35.5. The monoisotopic (exact) mass is 366 g/mol. The zero-order chi connectivity index (χ0) is 18.1. The molecule has 1 saturated heterocycles. The summed E-state index contributed by atoms with van der Waals surface area (Å²) in [6.45, 7) is -1.26. The number of alkyl halides is 3. The molecule has 6 nitrogen and oxygen atoms in total. The van der Waals surface area contributed by atoms with Crippen LogP contribution in [0, 0.1) is 11.8 Å². The van der Waals surface area contributed by atoms with Crippen LogP contribution >= 0.6 is 11.6 Å². The fourth-order valence-electron chi connectivity index (χ4n) is 2.47. The fourth-order valence-corrected chi connectivity index (χ4v) is 2.64. The summed E-state index contributed by atoms with van der Waals surface area (Å²) in [6.07, 6.45) is -4.70.